The smallest absolute Gasteiger partial charge is 0.410 e. The first-order valence-corrected chi connectivity index (χ1v) is 14.8. The number of hydrogen-bond donors (Lipinski definition) is 0. The van der Waals surface area contributed by atoms with Crippen molar-refractivity contribution in [2.75, 3.05) is 46.4 Å². The molecule has 0 radical (unpaired) electrons. The fourth-order valence-corrected chi connectivity index (χ4v) is 6.35. The van der Waals surface area contributed by atoms with E-state index in [1.54, 1.807) is 24.1 Å². The number of amides is 3. The first kappa shape index (κ1) is 29.6. The van der Waals surface area contributed by atoms with E-state index in [0.29, 0.717) is 62.3 Å². The molecule has 0 spiro atoms. The van der Waals surface area contributed by atoms with Gasteiger partial charge in [0.2, 0.25) is 11.8 Å². The van der Waals surface area contributed by atoms with E-state index in [-0.39, 0.29) is 41.4 Å². The lowest BCUT2D eigenvalue weighted by Gasteiger charge is -2.36. The van der Waals surface area contributed by atoms with Gasteiger partial charge < -0.3 is 24.2 Å². The molecule has 3 heterocycles. The van der Waals surface area contributed by atoms with Gasteiger partial charge in [-0.25, -0.2) is 9.18 Å². The first-order chi connectivity index (χ1) is 19.7. The molecule has 2 atom stereocenters. The Morgan fingerprint density at radius 1 is 0.878 bits per heavy atom. The van der Waals surface area contributed by atoms with Crippen molar-refractivity contribution in [3.05, 3.63) is 63.9 Å². The van der Waals surface area contributed by atoms with Gasteiger partial charge in [-0.05, 0) is 67.6 Å². The highest BCUT2D eigenvalue weighted by molar-refractivity contribution is 6.42. The molecule has 0 N–H and O–H groups in total. The van der Waals surface area contributed by atoms with Gasteiger partial charge in [0.15, 0.2) is 0 Å². The second-order valence-corrected chi connectivity index (χ2v) is 11.8. The normalized spacial score (nSPS) is 22.0. The van der Waals surface area contributed by atoms with Crippen LogP contribution in [-0.4, -0.2) is 85.1 Å². The van der Waals surface area contributed by atoms with Crippen LogP contribution in [0.5, 0.6) is 5.75 Å². The molecule has 2 aromatic carbocycles. The second kappa shape index (κ2) is 13.0. The van der Waals surface area contributed by atoms with Crippen LogP contribution >= 0.6 is 23.2 Å². The van der Waals surface area contributed by atoms with Crippen LogP contribution in [0.25, 0.3) is 0 Å². The van der Waals surface area contributed by atoms with E-state index in [1.807, 2.05) is 11.0 Å². The van der Waals surface area contributed by atoms with E-state index in [0.717, 1.165) is 18.4 Å². The monoisotopic (exact) mass is 605 g/mol. The van der Waals surface area contributed by atoms with Crippen LogP contribution < -0.4 is 4.74 Å². The quantitative estimate of drug-likeness (QED) is 0.467. The predicted molar refractivity (Wildman–Crippen MR) is 153 cm³/mol. The molecule has 0 aromatic heterocycles. The van der Waals surface area contributed by atoms with Gasteiger partial charge >= 0.3 is 6.09 Å². The lowest BCUT2D eigenvalue weighted by atomic mass is 9.92. The number of rotatable bonds is 5. The lowest BCUT2D eigenvalue weighted by Crippen LogP contribution is -2.47. The number of carbonyl (C=O) groups is 3. The zero-order chi connectivity index (χ0) is 29.1. The number of likely N-dealkylation sites (tertiary alicyclic amines) is 2. The Kier molecular flexibility index (Phi) is 9.36. The van der Waals surface area contributed by atoms with Crippen molar-refractivity contribution in [1.82, 2.24) is 14.7 Å². The van der Waals surface area contributed by atoms with Crippen molar-refractivity contribution in [1.29, 1.82) is 0 Å². The Balaban J connectivity index is 1.27. The maximum Gasteiger partial charge on any atom is 0.415 e. The Morgan fingerprint density at radius 2 is 1.51 bits per heavy atom. The molecule has 41 heavy (non-hydrogen) atoms. The van der Waals surface area contributed by atoms with Crippen LogP contribution in [0.4, 0.5) is 9.18 Å². The zero-order valence-corrected chi connectivity index (χ0v) is 24.5. The Bertz CT molecular complexity index is 1270. The van der Waals surface area contributed by atoms with E-state index in [2.05, 4.69) is 0 Å². The molecular weight excluding hydrogens is 572 g/mol. The first-order valence-electron chi connectivity index (χ1n) is 14.0. The number of halogens is 3. The topological polar surface area (TPSA) is 79.4 Å². The summed E-state index contributed by atoms with van der Waals surface area (Å²) in [7, 11) is 1.63. The third kappa shape index (κ3) is 6.79. The largest absolute Gasteiger partial charge is 0.415 e. The van der Waals surface area contributed by atoms with E-state index < -0.39 is 11.9 Å². The van der Waals surface area contributed by atoms with Gasteiger partial charge in [0.25, 0.3) is 0 Å². The van der Waals surface area contributed by atoms with Crippen molar-refractivity contribution >= 4 is 41.1 Å². The number of likely N-dealkylation sites (N-methyl/N-ethyl adjacent to an activating group) is 1. The van der Waals surface area contributed by atoms with Crippen molar-refractivity contribution in [3.63, 3.8) is 0 Å². The fraction of sp³-hybridized carbons (Fsp3) is 0.500. The van der Waals surface area contributed by atoms with E-state index in [4.69, 9.17) is 32.7 Å². The molecule has 0 aliphatic carbocycles. The van der Waals surface area contributed by atoms with Crippen molar-refractivity contribution in [3.8, 4) is 5.75 Å². The molecule has 8 nitrogen and oxygen atoms in total. The summed E-state index contributed by atoms with van der Waals surface area (Å²) in [5, 5.41) is 0.815. The maximum absolute atomic E-state index is 13.7. The molecule has 0 saturated carbocycles. The summed E-state index contributed by atoms with van der Waals surface area (Å²) in [6.07, 6.45) is 2.10. The molecule has 0 bridgehead atoms. The molecule has 3 amide bonds. The van der Waals surface area contributed by atoms with Gasteiger partial charge in [-0.3, -0.25) is 9.59 Å². The van der Waals surface area contributed by atoms with Crippen LogP contribution in [0.2, 0.25) is 10.0 Å². The summed E-state index contributed by atoms with van der Waals surface area (Å²) in [4.78, 5) is 45.0. The summed E-state index contributed by atoms with van der Waals surface area (Å²) in [5.41, 5.74) is 0.859. The number of carbonyl (C=O) groups excluding carboxylic acids is 3. The number of benzene rings is 2. The van der Waals surface area contributed by atoms with Gasteiger partial charge in [0.05, 0.1) is 16.1 Å². The van der Waals surface area contributed by atoms with Crippen molar-refractivity contribution < 1.29 is 28.2 Å². The van der Waals surface area contributed by atoms with E-state index in [1.165, 1.54) is 29.2 Å². The van der Waals surface area contributed by atoms with Crippen LogP contribution in [0.15, 0.2) is 42.5 Å². The highest BCUT2D eigenvalue weighted by Crippen LogP contribution is 2.36. The number of nitrogens with zero attached hydrogens (tertiary/aromatic N) is 3. The summed E-state index contributed by atoms with van der Waals surface area (Å²) in [5.74, 6) is -0.429. The third-order valence-corrected chi connectivity index (χ3v) is 9.24. The van der Waals surface area contributed by atoms with Crippen molar-refractivity contribution in [2.45, 2.75) is 37.6 Å². The van der Waals surface area contributed by atoms with Gasteiger partial charge in [0.1, 0.15) is 11.6 Å². The van der Waals surface area contributed by atoms with Crippen LogP contribution in [-0.2, 0) is 14.3 Å². The summed E-state index contributed by atoms with van der Waals surface area (Å²) < 4.78 is 24.2. The Morgan fingerprint density at radius 3 is 2.17 bits per heavy atom. The average Bonchev–Trinajstić information content (AvgIpc) is 3.44. The molecule has 3 saturated heterocycles. The summed E-state index contributed by atoms with van der Waals surface area (Å²) in [6.45, 7) is 3.07. The Labute approximate surface area is 249 Å². The molecule has 5 rings (SSSR count). The summed E-state index contributed by atoms with van der Waals surface area (Å²) in [6, 6.07) is 10.2. The van der Waals surface area contributed by atoms with E-state index >= 15 is 0 Å². The second-order valence-electron chi connectivity index (χ2n) is 11.0. The minimum atomic E-state index is -0.610. The maximum atomic E-state index is 13.7. The third-order valence-electron chi connectivity index (χ3n) is 8.50. The van der Waals surface area contributed by atoms with Crippen LogP contribution in [0, 0.1) is 17.7 Å². The van der Waals surface area contributed by atoms with Gasteiger partial charge in [-0.2, -0.15) is 0 Å². The zero-order valence-electron chi connectivity index (χ0n) is 22.9. The minimum absolute atomic E-state index is 0.00695. The highest BCUT2D eigenvalue weighted by Gasteiger charge is 2.43. The average molecular weight is 607 g/mol. The SMILES string of the molecule is CN(C(=O)Oc1ccc(F)cc1)C1CN(C(=O)C2CCN(C(=O)C3CCOCC3)CC2)CC1c1ccc(Cl)c(Cl)c1. The lowest BCUT2D eigenvalue weighted by molar-refractivity contribution is -0.144. The van der Waals surface area contributed by atoms with Gasteiger partial charge in [0, 0.05) is 64.2 Å². The Hall–Kier alpha value is -2.88. The standard InChI is InChI=1S/C30H34Cl2FN3O5/c1-34(30(39)41-23-5-3-22(33)4-6-23)27-18-36(17-24(27)21-2-7-25(31)26(32)16-21)29(38)19-8-12-35(13-9-19)28(37)20-10-14-40-15-11-20/h2-7,16,19-20,24,27H,8-15,17-18H2,1H3. The molecule has 11 heteroatoms. The number of ether oxygens (including phenoxy) is 2. The minimum Gasteiger partial charge on any atom is -0.410 e. The predicted octanol–water partition coefficient (Wildman–Crippen LogP) is 5.22. The molecular formula is C30H34Cl2FN3O5. The molecule has 3 fully saturated rings. The molecule has 2 unspecified atom stereocenters. The van der Waals surface area contributed by atoms with Crippen LogP contribution in [0.3, 0.4) is 0 Å². The molecule has 3 aliphatic heterocycles. The van der Waals surface area contributed by atoms with Crippen molar-refractivity contribution in [2.24, 2.45) is 11.8 Å². The molecule has 220 valence electrons. The molecule has 2 aromatic rings. The molecule has 3 aliphatic rings. The number of piperidine rings is 1. The number of hydrogen-bond acceptors (Lipinski definition) is 5. The van der Waals surface area contributed by atoms with Gasteiger partial charge in [-0.15, -0.1) is 0 Å². The summed E-state index contributed by atoms with van der Waals surface area (Å²) >= 11 is 12.5. The fourth-order valence-electron chi connectivity index (χ4n) is 6.05. The highest BCUT2D eigenvalue weighted by atomic mass is 35.5. The van der Waals surface area contributed by atoms with Crippen LogP contribution in [0.1, 0.15) is 37.2 Å². The van der Waals surface area contributed by atoms with E-state index in [9.17, 15) is 18.8 Å². The van der Waals surface area contributed by atoms with Gasteiger partial charge in [-0.1, -0.05) is 29.3 Å².